The van der Waals surface area contributed by atoms with E-state index in [0.717, 1.165) is 35.8 Å². The molecule has 0 bridgehead atoms. The molecule has 5 heteroatoms. The number of hydrogen-bond acceptors (Lipinski definition) is 5. The zero-order valence-corrected chi connectivity index (χ0v) is 15.4. The van der Waals surface area contributed by atoms with E-state index >= 15 is 0 Å². The van der Waals surface area contributed by atoms with Crippen LogP contribution in [0.5, 0.6) is 28.7 Å². The van der Waals surface area contributed by atoms with Crippen LogP contribution in [-0.2, 0) is 12.8 Å². The molecule has 0 aliphatic carbocycles. The van der Waals surface area contributed by atoms with E-state index in [4.69, 9.17) is 23.7 Å². The van der Waals surface area contributed by atoms with Crippen molar-refractivity contribution in [1.29, 1.82) is 0 Å². The molecular weight excluding hydrogens is 332 g/mol. The molecule has 2 unspecified atom stereocenters. The van der Waals surface area contributed by atoms with Gasteiger partial charge in [-0.1, -0.05) is 19.9 Å². The molecule has 26 heavy (non-hydrogen) atoms. The average Bonchev–Trinajstić information content (AvgIpc) is 3.29. The quantitative estimate of drug-likeness (QED) is 0.776. The molecule has 0 radical (unpaired) electrons. The van der Waals surface area contributed by atoms with Crippen LogP contribution in [-0.4, -0.2) is 20.7 Å². The molecule has 2 aliphatic heterocycles. The maximum atomic E-state index is 5.53. The number of fused-ring (bicyclic) bond motifs is 2. The number of methoxy groups -OCH3 is 1. The van der Waals surface area contributed by atoms with Crippen molar-refractivity contribution in [3.63, 3.8) is 0 Å². The highest BCUT2D eigenvalue weighted by atomic mass is 16.7. The molecule has 2 heterocycles. The fraction of sp³-hybridized carbons (Fsp3) is 0.429. The highest BCUT2D eigenvalue weighted by Gasteiger charge is 2.22. The molecule has 0 aromatic heterocycles. The van der Waals surface area contributed by atoms with Crippen LogP contribution in [0.25, 0.3) is 0 Å². The first-order valence-corrected chi connectivity index (χ1v) is 8.99. The summed E-state index contributed by atoms with van der Waals surface area (Å²) in [6.45, 7) is 5.15. The number of benzene rings is 2. The third kappa shape index (κ3) is 3.26. The van der Waals surface area contributed by atoms with Crippen molar-refractivity contribution in [1.82, 2.24) is 0 Å². The molecule has 0 saturated heterocycles. The summed E-state index contributed by atoms with van der Waals surface area (Å²) in [5, 5.41) is 0. The van der Waals surface area contributed by atoms with Crippen molar-refractivity contribution >= 4 is 0 Å². The molecule has 138 valence electrons. The summed E-state index contributed by atoms with van der Waals surface area (Å²) >= 11 is 0. The highest BCUT2D eigenvalue weighted by Crippen LogP contribution is 2.42. The van der Waals surface area contributed by atoms with E-state index in [9.17, 15) is 0 Å². The van der Waals surface area contributed by atoms with Crippen LogP contribution < -0.4 is 23.7 Å². The van der Waals surface area contributed by atoms with Crippen molar-refractivity contribution < 1.29 is 23.7 Å². The summed E-state index contributed by atoms with van der Waals surface area (Å²) in [5.41, 5.74) is 2.48. The molecule has 2 atom stereocenters. The van der Waals surface area contributed by atoms with E-state index < -0.39 is 0 Å². The fourth-order valence-corrected chi connectivity index (χ4v) is 3.52. The van der Waals surface area contributed by atoms with Gasteiger partial charge in [-0.3, -0.25) is 0 Å². The van der Waals surface area contributed by atoms with Gasteiger partial charge in [0.2, 0.25) is 19.3 Å². The van der Waals surface area contributed by atoms with Gasteiger partial charge >= 0.3 is 0 Å². The van der Waals surface area contributed by atoms with Gasteiger partial charge in [0.05, 0.1) is 7.11 Å². The van der Waals surface area contributed by atoms with E-state index in [1.165, 1.54) is 11.1 Å². The van der Waals surface area contributed by atoms with Crippen LogP contribution in [0.3, 0.4) is 0 Å². The summed E-state index contributed by atoms with van der Waals surface area (Å²) in [7, 11) is 1.66. The van der Waals surface area contributed by atoms with Crippen molar-refractivity contribution in [3.05, 3.63) is 41.5 Å². The minimum Gasteiger partial charge on any atom is -0.493 e. The van der Waals surface area contributed by atoms with Crippen molar-refractivity contribution in [2.45, 2.75) is 26.7 Å². The predicted octanol–water partition coefficient (Wildman–Crippen LogP) is 4.21. The van der Waals surface area contributed by atoms with E-state index in [-0.39, 0.29) is 6.79 Å². The smallest absolute Gasteiger partial charge is 0.231 e. The lowest BCUT2D eigenvalue weighted by Crippen LogP contribution is -2.13. The molecule has 2 aromatic rings. The summed E-state index contributed by atoms with van der Waals surface area (Å²) < 4.78 is 27.3. The van der Waals surface area contributed by atoms with E-state index in [2.05, 4.69) is 38.1 Å². The Balaban J connectivity index is 1.44. The van der Waals surface area contributed by atoms with Crippen molar-refractivity contribution in [2.75, 3.05) is 20.7 Å². The normalized spacial score (nSPS) is 16.4. The molecule has 0 amide bonds. The van der Waals surface area contributed by atoms with Gasteiger partial charge in [-0.2, -0.15) is 0 Å². The summed E-state index contributed by atoms with van der Waals surface area (Å²) in [6.07, 6.45) is 1.96. The molecule has 0 N–H and O–H groups in total. The monoisotopic (exact) mass is 356 g/mol. The maximum Gasteiger partial charge on any atom is 0.231 e. The minimum absolute atomic E-state index is 0.255. The lowest BCUT2D eigenvalue weighted by molar-refractivity contribution is 0.171. The van der Waals surface area contributed by atoms with E-state index in [1.54, 1.807) is 7.11 Å². The van der Waals surface area contributed by atoms with Crippen molar-refractivity contribution in [3.8, 4) is 28.7 Å². The molecule has 0 saturated carbocycles. The molecule has 2 aliphatic rings. The molecular formula is C21H24O5. The van der Waals surface area contributed by atoms with Gasteiger partial charge in [0, 0.05) is 0 Å². The van der Waals surface area contributed by atoms with Gasteiger partial charge in [0.1, 0.15) is 0 Å². The summed E-state index contributed by atoms with van der Waals surface area (Å²) in [5.74, 6) is 4.93. The number of ether oxygens (including phenoxy) is 5. The second kappa shape index (κ2) is 6.98. The predicted molar refractivity (Wildman–Crippen MR) is 97.4 cm³/mol. The Bertz CT molecular complexity index is 801. The zero-order chi connectivity index (χ0) is 18.1. The van der Waals surface area contributed by atoms with Gasteiger partial charge < -0.3 is 23.7 Å². The standard InChI is InChI=1S/C21H24O5/c1-13(6-15-4-5-17-18(8-15)24-11-23-17)14(2)7-16-9-19(22-3)21-20(10-16)25-12-26-21/h4-5,8-10,13-14H,6-7,11-12H2,1-3H3. The Kier molecular flexibility index (Phi) is 4.53. The minimum atomic E-state index is 0.255. The number of rotatable bonds is 6. The van der Waals surface area contributed by atoms with Gasteiger partial charge in [-0.05, 0) is 60.1 Å². The zero-order valence-electron chi connectivity index (χ0n) is 15.4. The van der Waals surface area contributed by atoms with Gasteiger partial charge in [0.25, 0.3) is 0 Å². The fourth-order valence-electron chi connectivity index (χ4n) is 3.52. The lowest BCUT2D eigenvalue weighted by atomic mass is 9.85. The lowest BCUT2D eigenvalue weighted by Gasteiger charge is -2.21. The maximum absolute atomic E-state index is 5.53. The topological polar surface area (TPSA) is 46.2 Å². The van der Waals surface area contributed by atoms with E-state index in [0.29, 0.717) is 24.4 Å². The van der Waals surface area contributed by atoms with Crippen LogP contribution in [0, 0.1) is 11.8 Å². The highest BCUT2D eigenvalue weighted by molar-refractivity contribution is 5.55. The Labute approximate surface area is 153 Å². The van der Waals surface area contributed by atoms with Crippen molar-refractivity contribution in [2.24, 2.45) is 11.8 Å². The van der Waals surface area contributed by atoms with Crippen LogP contribution in [0.15, 0.2) is 30.3 Å². The molecule has 2 aromatic carbocycles. The first-order chi connectivity index (χ1) is 12.6. The largest absolute Gasteiger partial charge is 0.493 e. The van der Waals surface area contributed by atoms with Gasteiger partial charge in [-0.25, -0.2) is 0 Å². The van der Waals surface area contributed by atoms with Crippen LogP contribution in [0.2, 0.25) is 0 Å². The van der Waals surface area contributed by atoms with Gasteiger partial charge in [0.15, 0.2) is 23.0 Å². The van der Waals surface area contributed by atoms with Crippen LogP contribution in [0.4, 0.5) is 0 Å². The number of hydrogen-bond donors (Lipinski definition) is 0. The first-order valence-electron chi connectivity index (χ1n) is 8.99. The Morgan fingerprint density at radius 3 is 2.27 bits per heavy atom. The summed E-state index contributed by atoms with van der Waals surface area (Å²) in [6, 6.07) is 10.3. The third-order valence-corrected chi connectivity index (χ3v) is 5.24. The first kappa shape index (κ1) is 16.9. The Hall–Kier alpha value is -2.56. The SMILES string of the molecule is COc1cc(CC(C)C(C)Cc2ccc3c(c2)OCO3)cc2c1OCO2. The second-order valence-electron chi connectivity index (χ2n) is 7.08. The molecule has 0 fully saturated rings. The van der Waals surface area contributed by atoms with Crippen LogP contribution >= 0.6 is 0 Å². The van der Waals surface area contributed by atoms with Gasteiger partial charge in [-0.15, -0.1) is 0 Å². The average molecular weight is 356 g/mol. The molecule has 4 rings (SSSR count). The Morgan fingerprint density at radius 2 is 1.46 bits per heavy atom. The molecule has 0 spiro atoms. The summed E-state index contributed by atoms with van der Waals surface area (Å²) in [4.78, 5) is 0. The molecule has 5 nitrogen and oxygen atoms in total. The Morgan fingerprint density at radius 1 is 0.808 bits per heavy atom. The van der Waals surface area contributed by atoms with Crippen LogP contribution in [0.1, 0.15) is 25.0 Å². The van der Waals surface area contributed by atoms with E-state index in [1.807, 2.05) is 6.07 Å². The second-order valence-corrected chi connectivity index (χ2v) is 7.08. The third-order valence-electron chi connectivity index (χ3n) is 5.24.